The van der Waals surface area contributed by atoms with Gasteiger partial charge in [0.1, 0.15) is 0 Å². The monoisotopic (exact) mass is 190 g/mol. The van der Waals surface area contributed by atoms with Gasteiger partial charge in [0.15, 0.2) is 5.12 Å². The second kappa shape index (κ2) is 4.04. The summed E-state index contributed by atoms with van der Waals surface area (Å²) < 4.78 is 0. The van der Waals surface area contributed by atoms with Crippen molar-refractivity contribution in [3.8, 4) is 0 Å². The first-order chi connectivity index (χ1) is 5.20. The summed E-state index contributed by atoms with van der Waals surface area (Å²) in [5.41, 5.74) is 1.15. The third kappa shape index (κ3) is 2.76. The molecule has 3 nitrogen and oxygen atoms in total. The first-order valence-corrected chi connectivity index (χ1v) is 5.04. The van der Waals surface area contributed by atoms with Crippen LogP contribution in [0.1, 0.15) is 6.92 Å². The number of nitrogens with one attached hydrogen (secondary N) is 1. The summed E-state index contributed by atoms with van der Waals surface area (Å²) in [6.07, 6.45) is 0. The molecule has 0 aromatic carbocycles. The number of hydrogen-bond donors (Lipinski definition) is 1. The second-order valence-electron chi connectivity index (χ2n) is 2.16. The van der Waals surface area contributed by atoms with Gasteiger partial charge in [-0.15, -0.1) is 0 Å². The van der Waals surface area contributed by atoms with E-state index in [0.29, 0.717) is 0 Å². The van der Waals surface area contributed by atoms with Crippen molar-refractivity contribution < 1.29 is 4.79 Å². The Morgan fingerprint density at radius 3 is 3.09 bits per heavy atom. The number of carbonyl (C=O) groups is 1. The molecule has 0 aromatic heterocycles. The number of thioether (sulfide) groups is 1. The minimum atomic E-state index is 0.163. The molecule has 0 saturated carbocycles. The molecule has 0 amide bonds. The van der Waals surface area contributed by atoms with E-state index in [0.717, 1.165) is 11.4 Å². The number of rotatable bonds is 2. The summed E-state index contributed by atoms with van der Waals surface area (Å²) >= 11 is 2.86. The lowest BCUT2D eigenvalue weighted by Crippen LogP contribution is -2.24. The Morgan fingerprint density at radius 1 is 1.91 bits per heavy atom. The molecule has 0 aliphatic carbocycles. The zero-order chi connectivity index (χ0) is 8.27. The molecule has 1 aliphatic heterocycles. The molecule has 5 heteroatoms. The van der Waals surface area contributed by atoms with Crippen LogP contribution in [-0.2, 0) is 4.79 Å². The summed E-state index contributed by atoms with van der Waals surface area (Å²) in [6, 6.07) is 0. The molecule has 0 bridgehead atoms. The predicted molar refractivity (Wildman–Crippen MR) is 49.7 cm³/mol. The summed E-state index contributed by atoms with van der Waals surface area (Å²) in [6.45, 7) is 1.58. The predicted octanol–water partition coefficient (Wildman–Crippen LogP) is 1.21. The fourth-order valence-corrected chi connectivity index (χ4v) is 2.06. The molecule has 0 unspecified atom stereocenters. The van der Waals surface area contributed by atoms with E-state index in [2.05, 4.69) is 4.83 Å². The van der Waals surface area contributed by atoms with Crippen LogP contribution in [0, 0.1) is 0 Å². The normalized spacial score (nSPS) is 16.9. The molecule has 1 aliphatic rings. The van der Waals surface area contributed by atoms with Crippen molar-refractivity contribution in [2.24, 2.45) is 0 Å². The Kier molecular flexibility index (Phi) is 3.29. The van der Waals surface area contributed by atoms with Crippen molar-refractivity contribution in [1.29, 1.82) is 0 Å². The number of nitrogens with zero attached hydrogens (tertiary/aromatic N) is 1. The average Bonchev–Trinajstić information content (AvgIpc) is 2.31. The van der Waals surface area contributed by atoms with Crippen molar-refractivity contribution in [3.63, 3.8) is 0 Å². The SMILES string of the molecule is CC(=O)SCC1=CSNN1C. The second-order valence-corrected chi connectivity index (χ2v) is 3.96. The molecule has 0 aromatic rings. The molecule has 0 radical (unpaired) electrons. The van der Waals surface area contributed by atoms with Crippen LogP contribution >= 0.6 is 23.7 Å². The van der Waals surface area contributed by atoms with Gasteiger partial charge in [0.05, 0.1) is 0 Å². The van der Waals surface area contributed by atoms with Gasteiger partial charge >= 0.3 is 0 Å². The minimum Gasteiger partial charge on any atom is -0.304 e. The highest BCUT2D eigenvalue weighted by atomic mass is 32.2. The van der Waals surface area contributed by atoms with Crippen LogP contribution in [0.4, 0.5) is 0 Å². The molecular weight excluding hydrogens is 180 g/mol. The van der Waals surface area contributed by atoms with E-state index in [-0.39, 0.29) is 5.12 Å². The zero-order valence-electron chi connectivity index (χ0n) is 6.46. The molecule has 0 spiro atoms. The molecule has 11 heavy (non-hydrogen) atoms. The van der Waals surface area contributed by atoms with Gasteiger partial charge in [0.2, 0.25) is 0 Å². The van der Waals surface area contributed by atoms with Crippen LogP contribution in [-0.4, -0.2) is 22.9 Å². The molecule has 1 N–H and O–H groups in total. The van der Waals surface area contributed by atoms with Crippen molar-refractivity contribution in [1.82, 2.24) is 9.84 Å². The van der Waals surface area contributed by atoms with Gasteiger partial charge in [-0.25, -0.2) is 0 Å². The summed E-state index contributed by atoms with van der Waals surface area (Å²) in [5, 5.41) is 4.09. The molecule has 1 heterocycles. The van der Waals surface area contributed by atoms with E-state index in [1.165, 1.54) is 23.7 Å². The lowest BCUT2D eigenvalue weighted by atomic mass is 10.6. The number of hydrogen-bond acceptors (Lipinski definition) is 5. The molecule has 0 fully saturated rings. The van der Waals surface area contributed by atoms with Gasteiger partial charge in [0.25, 0.3) is 0 Å². The molecule has 62 valence electrons. The van der Waals surface area contributed by atoms with Gasteiger partial charge in [-0.05, 0) is 11.9 Å². The number of hydrazine groups is 1. The fourth-order valence-electron chi connectivity index (χ4n) is 0.618. The first-order valence-electron chi connectivity index (χ1n) is 3.17. The Morgan fingerprint density at radius 2 is 2.64 bits per heavy atom. The summed E-state index contributed by atoms with van der Waals surface area (Å²) in [7, 11) is 1.94. The zero-order valence-corrected chi connectivity index (χ0v) is 8.09. The van der Waals surface area contributed by atoms with Gasteiger partial charge in [-0.2, -0.15) is 4.83 Å². The van der Waals surface area contributed by atoms with E-state index >= 15 is 0 Å². The average molecular weight is 190 g/mol. The van der Waals surface area contributed by atoms with Crippen molar-refractivity contribution >= 4 is 28.8 Å². The van der Waals surface area contributed by atoms with Crippen LogP contribution < -0.4 is 4.83 Å². The Balaban J connectivity index is 2.31. The van der Waals surface area contributed by atoms with Gasteiger partial charge in [-0.1, -0.05) is 11.8 Å². The third-order valence-corrected chi connectivity index (χ3v) is 2.85. The third-order valence-electron chi connectivity index (χ3n) is 1.24. The van der Waals surface area contributed by atoms with Crippen LogP contribution in [0.2, 0.25) is 0 Å². The smallest absolute Gasteiger partial charge is 0.186 e. The topological polar surface area (TPSA) is 32.3 Å². The Bertz CT molecular complexity index is 193. The maximum Gasteiger partial charge on any atom is 0.186 e. The standard InChI is InChI=1S/C6H10N2OS2/c1-5(9)10-3-6-4-11-7-8(6)2/h4,7H,3H2,1-2H3. The van der Waals surface area contributed by atoms with Gasteiger partial charge in [0, 0.05) is 30.8 Å². The first kappa shape index (κ1) is 8.96. The van der Waals surface area contributed by atoms with E-state index in [4.69, 9.17) is 0 Å². The van der Waals surface area contributed by atoms with Crippen LogP contribution in [0.25, 0.3) is 0 Å². The minimum absolute atomic E-state index is 0.163. The summed E-state index contributed by atoms with van der Waals surface area (Å²) in [5.74, 6) is 0.756. The van der Waals surface area contributed by atoms with Gasteiger partial charge < -0.3 is 5.01 Å². The number of carbonyl (C=O) groups excluding carboxylic acids is 1. The van der Waals surface area contributed by atoms with Crippen LogP contribution in [0.5, 0.6) is 0 Å². The van der Waals surface area contributed by atoms with Crippen molar-refractivity contribution in [2.75, 3.05) is 12.8 Å². The largest absolute Gasteiger partial charge is 0.304 e. The molecule has 0 saturated heterocycles. The fraction of sp³-hybridized carbons (Fsp3) is 0.500. The summed E-state index contributed by atoms with van der Waals surface area (Å²) in [4.78, 5) is 13.6. The van der Waals surface area contributed by atoms with Crippen molar-refractivity contribution in [3.05, 3.63) is 11.1 Å². The van der Waals surface area contributed by atoms with Crippen LogP contribution in [0.15, 0.2) is 11.1 Å². The highest BCUT2D eigenvalue weighted by molar-refractivity contribution is 8.13. The van der Waals surface area contributed by atoms with E-state index in [1.54, 1.807) is 6.92 Å². The van der Waals surface area contributed by atoms with Gasteiger partial charge in [-0.3, -0.25) is 4.79 Å². The Hall–Kier alpha value is -0.130. The molecule has 1 rings (SSSR count). The maximum absolute atomic E-state index is 10.6. The van der Waals surface area contributed by atoms with Crippen LogP contribution in [0.3, 0.4) is 0 Å². The highest BCUT2D eigenvalue weighted by Gasteiger charge is 2.10. The maximum atomic E-state index is 10.6. The van der Waals surface area contributed by atoms with Crippen molar-refractivity contribution in [2.45, 2.75) is 6.92 Å². The molecule has 0 atom stereocenters. The quantitative estimate of drug-likeness (QED) is 0.662. The lowest BCUT2D eigenvalue weighted by Gasteiger charge is -2.13. The highest BCUT2D eigenvalue weighted by Crippen LogP contribution is 2.19. The van der Waals surface area contributed by atoms with E-state index in [1.807, 2.05) is 17.5 Å². The molecular formula is C6H10N2OS2. The van der Waals surface area contributed by atoms with E-state index < -0.39 is 0 Å². The lowest BCUT2D eigenvalue weighted by molar-refractivity contribution is -0.109. The Labute approximate surface area is 74.7 Å². The van der Waals surface area contributed by atoms with E-state index in [9.17, 15) is 4.79 Å².